The van der Waals surface area contributed by atoms with E-state index < -0.39 is 0 Å². The SMILES string of the molecule is Cc1cc(C)c([N+]2=CN(c3c(C(C)C)cccc3C(C)C)[C@@H](c3ccccc3)C2)c(C)c1. The molecule has 1 atom stereocenters. The molecule has 0 N–H and O–H groups in total. The number of hydrogen-bond donors (Lipinski definition) is 0. The number of nitrogens with zero attached hydrogens (tertiary/aromatic N) is 2. The average molecular weight is 426 g/mol. The summed E-state index contributed by atoms with van der Waals surface area (Å²) in [6, 6.07) is 22.7. The second-order valence-corrected chi connectivity index (χ2v) is 9.94. The van der Waals surface area contributed by atoms with Crippen molar-refractivity contribution < 1.29 is 4.58 Å². The van der Waals surface area contributed by atoms with Gasteiger partial charge in [0.1, 0.15) is 17.9 Å². The maximum Gasteiger partial charge on any atom is 0.245 e. The molecule has 166 valence electrons. The topological polar surface area (TPSA) is 6.25 Å². The molecule has 0 fully saturated rings. The van der Waals surface area contributed by atoms with Gasteiger partial charge in [-0.2, -0.15) is 0 Å². The summed E-state index contributed by atoms with van der Waals surface area (Å²) < 4.78 is 2.48. The molecule has 0 amide bonds. The molecule has 0 saturated heterocycles. The molecule has 0 aliphatic carbocycles. The standard InChI is InChI=1S/C30H37N2/c1-20(2)26-14-11-15-27(21(3)4)30(26)32-19-31(18-28(32)25-12-9-8-10-13-25)29-23(6)16-22(5)17-24(29)7/h8-17,19-21,28H,18H2,1-7H3/q+1/t28-/m1/s1. The number of para-hydroxylation sites is 1. The maximum absolute atomic E-state index is 2.55. The minimum absolute atomic E-state index is 0.272. The lowest BCUT2D eigenvalue weighted by atomic mass is 9.91. The van der Waals surface area contributed by atoms with Crippen molar-refractivity contribution in [2.75, 3.05) is 11.4 Å². The van der Waals surface area contributed by atoms with E-state index in [2.05, 4.69) is 125 Å². The first kappa shape index (κ1) is 22.3. The molecule has 0 bridgehead atoms. The molecule has 0 spiro atoms. The van der Waals surface area contributed by atoms with E-state index in [0.29, 0.717) is 11.8 Å². The van der Waals surface area contributed by atoms with E-state index in [1.165, 1.54) is 44.8 Å². The van der Waals surface area contributed by atoms with E-state index in [1.807, 2.05) is 0 Å². The summed E-state index contributed by atoms with van der Waals surface area (Å²) in [5.74, 6) is 0.927. The third kappa shape index (κ3) is 4.11. The van der Waals surface area contributed by atoms with Gasteiger partial charge in [0.25, 0.3) is 0 Å². The number of hydrogen-bond acceptors (Lipinski definition) is 1. The van der Waals surface area contributed by atoms with E-state index in [-0.39, 0.29) is 6.04 Å². The Balaban J connectivity index is 1.94. The molecule has 2 nitrogen and oxygen atoms in total. The van der Waals surface area contributed by atoms with Gasteiger partial charge in [-0.25, -0.2) is 9.48 Å². The van der Waals surface area contributed by atoms with Crippen LogP contribution in [0.15, 0.2) is 60.7 Å². The minimum atomic E-state index is 0.272. The average Bonchev–Trinajstić information content (AvgIpc) is 3.17. The quantitative estimate of drug-likeness (QED) is 0.378. The zero-order valence-electron chi connectivity index (χ0n) is 20.7. The van der Waals surface area contributed by atoms with Gasteiger partial charge < -0.3 is 0 Å². The van der Waals surface area contributed by atoms with E-state index in [0.717, 1.165) is 6.54 Å². The normalized spacial score (nSPS) is 16.2. The summed E-state index contributed by atoms with van der Waals surface area (Å²) >= 11 is 0. The Bertz CT molecular complexity index is 1090. The molecule has 32 heavy (non-hydrogen) atoms. The fourth-order valence-electron chi connectivity index (χ4n) is 5.29. The van der Waals surface area contributed by atoms with Crippen LogP contribution in [0.1, 0.15) is 79.0 Å². The van der Waals surface area contributed by atoms with Crippen molar-refractivity contribution >= 4 is 17.7 Å². The molecule has 0 radical (unpaired) electrons. The molecule has 2 heteroatoms. The van der Waals surface area contributed by atoms with Gasteiger partial charge in [0.05, 0.1) is 0 Å². The first-order chi connectivity index (χ1) is 15.3. The van der Waals surface area contributed by atoms with Gasteiger partial charge in [0.15, 0.2) is 6.04 Å². The number of anilines is 1. The second-order valence-electron chi connectivity index (χ2n) is 9.94. The van der Waals surface area contributed by atoms with E-state index in [1.54, 1.807) is 0 Å². The van der Waals surface area contributed by atoms with Crippen molar-refractivity contribution in [3.63, 3.8) is 0 Å². The number of benzene rings is 3. The van der Waals surface area contributed by atoms with Crippen LogP contribution in [-0.4, -0.2) is 17.5 Å². The molecule has 3 aromatic rings. The van der Waals surface area contributed by atoms with Gasteiger partial charge >= 0.3 is 0 Å². The van der Waals surface area contributed by atoms with Crippen LogP contribution in [0.25, 0.3) is 0 Å². The molecule has 1 aliphatic rings. The highest BCUT2D eigenvalue weighted by Gasteiger charge is 2.39. The zero-order chi connectivity index (χ0) is 23.0. The predicted molar refractivity (Wildman–Crippen MR) is 138 cm³/mol. The van der Waals surface area contributed by atoms with Crippen LogP contribution in [0.4, 0.5) is 11.4 Å². The van der Waals surface area contributed by atoms with Gasteiger partial charge in [-0.1, -0.05) is 93.9 Å². The van der Waals surface area contributed by atoms with E-state index in [9.17, 15) is 0 Å². The Hall–Kier alpha value is -2.87. The third-order valence-corrected chi connectivity index (χ3v) is 6.68. The van der Waals surface area contributed by atoms with Crippen molar-refractivity contribution in [1.29, 1.82) is 0 Å². The summed E-state index contributed by atoms with van der Waals surface area (Å²) in [6.07, 6.45) is 2.37. The predicted octanol–water partition coefficient (Wildman–Crippen LogP) is 7.79. The van der Waals surface area contributed by atoms with E-state index >= 15 is 0 Å². The van der Waals surface area contributed by atoms with Gasteiger partial charge in [0, 0.05) is 16.7 Å². The Morgan fingerprint density at radius 1 is 0.781 bits per heavy atom. The number of rotatable bonds is 5. The largest absolute Gasteiger partial charge is 0.245 e. The summed E-state index contributed by atoms with van der Waals surface area (Å²) in [4.78, 5) is 2.55. The summed E-state index contributed by atoms with van der Waals surface area (Å²) in [5, 5.41) is 0. The summed E-state index contributed by atoms with van der Waals surface area (Å²) in [6.45, 7) is 16.8. The Labute approximate surface area is 194 Å². The molecule has 3 aromatic carbocycles. The first-order valence-corrected chi connectivity index (χ1v) is 11.9. The molecule has 0 aromatic heterocycles. The Morgan fingerprint density at radius 3 is 1.88 bits per heavy atom. The van der Waals surface area contributed by atoms with Crippen LogP contribution in [-0.2, 0) is 0 Å². The van der Waals surface area contributed by atoms with Crippen LogP contribution >= 0.6 is 0 Å². The van der Waals surface area contributed by atoms with Gasteiger partial charge in [-0.15, -0.1) is 0 Å². The second kappa shape index (κ2) is 8.94. The van der Waals surface area contributed by atoms with Crippen LogP contribution in [0.5, 0.6) is 0 Å². The highest BCUT2D eigenvalue weighted by Crippen LogP contribution is 2.41. The molecular formula is C30H37N2+. The van der Waals surface area contributed by atoms with Crippen molar-refractivity contribution in [3.05, 3.63) is 94.0 Å². The fourth-order valence-corrected chi connectivity index (χ4v) is 5.29. The molecule has 1 heterocycles. The van der Waals surface area contributed by atoms with Gasteiger partial charge in [-0.05, 0) is 43.7 Å². The van der Waals surface area contributed by atoms with Crippen LogP contribution in [0.3, 0.4) is 0 Å². The van der Waals surface area contributed by atoms with Crippen LogP contribution < -0.4 is 4.90 Å². The van der Waals surface area contributed by atoms with Gasteiger partial charge in [-0.3, -0.25) is 0 Å². The van der Waals surface area contributed by atoms with Crippen molar-refractivity contribution in [3.8, 4) is 0 Å². The Kier molecular flexibility index (Phi) is 6.24. The highest BCUT2D eigenvalue weighted by molar-refractivity contribution is 5.84. The van der Waals surface area contributed by atoms with Crippen LogP contribution in [0, 0.1) is 20.8 Å². The van der Waals surface area contributed by atoms with Crippen LogP contribution in [0.2, 0.25) is 0 Å². The lowest BCUT2D eigenvalue weighted by Gasteiger charge is -2.25. The lowest BCUT2D eigenvalue weighted by molar-refractivity contribution is -0.430. The third-order valence-electron chi connectivity index (χ3n) is 6.68. The molecule has 4 rings (SSSR count). The molecule has 0 unspecified atom stereocenters. The first-order valence-electron chi connectivity index (χ1n) is 11.9. The van der Waals surface area contributed by atoms with Crippen molar-refractivity contribution in [1.82, 2.24) is 0 Å². The monoisotopic (exact) mass is 425 g/mol. The van der Waals surface area contributed by atoms with Crippen molar-refractivity contribution in [2.24, 2.45) is 0 Å². The minimum Gasteiger partial charge on any atom is -0.228 e. The zero-order valence-corrected chi connectivity index (χ0v) is 20.7. The highest BCUT2D eigenvalue weighted by atomic mass is 15.3. The molecular weight excluding hydrogens is 388 g/mol. The lowest BCUT2D eigenvalue weighted by Crippen LogP contribution is -2.26. The number of aryl methyl sites for hydroxylation is 3. The molecule has 1 aliphatic heterocycles. The maximum atomic E-state index is 2.55. The molecule has 0 saturated carbocycles. The van der Waals surface area contributed by atoms with Crippen molar-refractivity contribution in [2.45, 2.75) is 66.3 Å². The smallest absolute Gasteiger partial charge is 0.228 e. The Morgan fingerprint density at radius 2 is 1.34 bits per heavy atom. The van der Waals surface area contributed by atoms with E-state index in [4.69, 9.17) is 0 Å². The fraction of sp³-hybridized carbons (Fsp3) is 0.367. The van der Waals surface area contributed by atoms with Gasteiger partial charge in [0.2, 0.25) is 6.34 Å². The summed E-state index contributed by atoms with van der Waals surface area (Å²) in [7, 11) is 0. The summed E-state index contributed by atoms with van der Waals surface area (Å²) in [5.41, 5.74) is 10.9.